The van der Waals surface area contributed by atoms with Crippen LogP contribution < -0.4 is 0 Å². The molecule has 0 aliphatic carbocycles. The van der Waals surface area contributed by atoms with Gasteiger partial charge in [-0.2, -0.15) is 0 Å². The van der Waals surface area contributed by atoms with Gasteiger partial charge in [-0.15, -0.1) is 6.58 Å². The van der Waals surface area contributed by atoms with Crippen molar-refractivity contribution in [3.63, 3.8) is 0 Å². The molecule has 0 N–H and O–H groups in total. The van der Waals surface area contributed by atoms with Crippen LogP contribution in [0, 0.1) is 0 Å². The summed E-state index contributed by atoms with van der Waals surface area (Å²) >= 11 is 0. The van der Waals surface area contributed by atoms with Crippen LogP contribution in [0.5, 0.6) is 0 Å². The van der Waals surface area contributed by atoms with Crippen molar-refractivity contribution in [1.29, 1.82) is 0 Å². The molecule has 0 aliphatic heterocycles. The lowest BCUT2D eigenvalue weighted by atomic mass is 10.0. The van der Waals surface area contributed by atoms with Gasteiger partial charge in [-0.25, -0.2) is 9.97 Å². The second-order valence-corrected chi connectivity index (χ2v) is 18.7. The Morgan fingerprint density at radius 2 is 0.864 bits per heavy atom. The van der Waals surface area contributed by atoms with Crippen LogP contribution in [-0.4, -0.2) is 33.6 Å². The smallest absolute Gasteiger partial charge is 0.160 e. The number of fused-ring (bicyclic) bond motifs is 9. The van der Waals surface area contributed by atoms with E-state index < -0.39 is 0 Å². The third-order valence-corrected chi connectivity index (χ3v) is 13.9. The average molecular weight is 1050 g/mol. The summed E-state index contributed by atoms with van der Waals surface area (Å²) in [5, 5.41) is 5.89. The first-order valence-electron chi connectivity index (χ1n) is 27.8. The van der Waals surface area contributed by atoms with Crippen LogP contribution in [0.1, 0.15) is 41.5 Å². The minimum atomic E-state index is 0.659. The first-order chi connectivity index (χ1) is 40.0. The second-order valence-electron chi connectivity index (χ2n) is 18.7. The lowest BCUT2D eigenvalue weighted by Crippen LogP contribution is -1.99. The van der Waals surface area contributed by atoms with E-state index in [2.05, 4.69) is 191 Å². The molecule has 0 spiro atoms. The van der Waals surface area contributed by atoms with E-state index in [4.69, 9.17) is 19.9 Å². The van der Waals surface area contributed by atoms with E-state index in [0.29, 0.717) is 5.82 Å². The fourth-order valence-electron chi connectivity index (χ4n) is 10.6. The lowest BCUT2D eigenvalue weighted by molar-refractivity contribution is 1.13. The summed E-state index contributed by atoms with van der Waals surface area (Å²) in [5.41, 5.74) is 17.6. The topological polar surface area (TPSA) is 66.3 Å². The van der Waals surface area contributed by atoms with Crippen molar-refractivity contribution in [2.24, 2.45) is 0 Å². The van der Waals surface area contributed by atoms with Crippen LogP contribution in [0.15, 0.2) is 274 Å². The van der Waals surface area contributed by atoms with E-state index in [1.807, 2.05) is 127 Å². The Hall–Kier alpha value is -10.2. The third-order valence-electron chi connectivity index (χ3n) is 13.9. The molecule has 0 atom stereocenters. The van der Waals surface area contributed by atoms with E-state index in [9.17, 15) is 0 Å². The highest BCUT2D eigenvalue weighted by Crippen LogP contribution is 2.40. The van der Waals surface area contributed by atoms with Crippen LogP contribution >= 0.6 is 0 Å². The molecule has 0 saturated heterocycles. The van der Waals surface area contributed by atoms with Crippen molar-refractivity contribution >= 4 is 65.5 Å². The molecule has 396 valence electrons. The second kappa shape index (κ2) is 25.0. The molecule has 0 bridgehead atoms. The maximum Gasteiger partial charge on any atom is 0.160 e. The first-order valence-corrected chi connectivity index (χ1v) is 27.8. The monoisotopic (exact) mass is 1050 g/mol. The summed E-state index contributed by atoms with van der Waals surface area (Å²) in [6.07, 6.45) is 11.1. The molecule has 0 fully saturated rings. The number of nitrogens with zero attached hydrogens (tertiary/aromatic N) is 7. The van der Waals surface area contributed by atoms with E-state index in [1.165, 1.54) is 21.5 Å². The van der Waals surface area contributed by atoms with Crippen LogP contribution in [0.2, 0.25) is 0 Å². The fourth-order valence-corrected chi connectivity index (χ4v) is 10.6. The van der Waals surface area contributed by atoms with Crippen LogP contribution in [0.4, 0.5) is 0 Å². The van der Waals surface area contributed by atoms with E-state index in [-0.39, 0.29) is 0 Å². The largest absolute Gasteiger partial charge is 0.309 e. The number of benzene rings is 8. The molecule has 14 rings (SSSR count). The molecule has 7 nitrogen and oxygen atoms in total. The van der Waals surface area contributed by atoms with Crippen molar-refractivity contribution in [3.8, 4) is 62.2 Å². The molecule has 8 aromatic carbocycles. The SMILES string of the molecule is C=C/C=C\C.C=CC.CC.CC.c1ccc(-c2cc(-c3cc(-n4c5ccccc5c5ccc(-c6ccc7c(c6)c6ccccc6n7-c6ccc7c(c6)c6ncccc6n7-c6ccccc6)cc54)ccn3)nc(-c3ccccc3)n2)cc1. The fraction of sp³-hybridized carbons (Fsp3) is 0.0811. The number of pyridine rings is 2. The number of aromatic nitrogens is 7. The highest BCUT2D eigenvalue weighted by molar-refractivity contribution is 6.13. The Morgan fingerprint density at radius 1 is 0.346 bits per heavy atom. The van der Waals surface area contributed by atoms with Gasteiger partial charge >= 0.3 is 0 Å². The Labute approximate surface area is 474 Å². The number of hydrogen-bond acceptors (Lipinski definition) is 4. The predicted molar refractivity (Wildman–Crippen MR) is 346 cm³/mol. The Morgan fingerprint density at radius 3 is 1.54 bits per heavy atom. The highest BCUT2D eigenvalue weighted by Gasteiger charge is 2.20. The van der Waals surface area contributed by atoms with Gasteiger partial charge in [-0.3, -0.25) is 9.97 Å². The van der Waals surface area contributed by atoms with Gasteiger partial charge in [0.1, 0.15) is 0 Å². The normalized spacial score (nSPS) is 10.9. The molecule has 81 heavy (non-hydrogen) atoms. The van der Waals surface area contributed by atoms with Gasteiger partial charge in [0, 0.05) is 67.5 Å². The number of allylic oxidation sites excluding steroid dienone is 4. The lowest BCUT2D eigenvalue weighted by Gasteiger charge is -2.12. The van der Waals surface area contributed by atoms with Crippen molar-refractivity contribution in [1.82, 2.24) is 33.6 Å². The summed E-state index contributed by atoms with van der Waals surface area (Å²) in [6.45, 7) is 18.7. The van der Waals surface area contributed by atoms with Crippen molar-refractivity contribution in [2.45, 2.75) is 41.5 Å². The summed E-state index contributed by atoms with van der Waals surface area (Å²) in [5.74, 6) is 0.659. The highest BCUT2D eigenvalue weighted by atomic mass is 15.0. The Bertz CT molecular complexity index is 4450. The Kier molecular flexibility index (Phi) is 16.7. The van der Waals surface area contributed by atoms with E-state index >= 15 is 0 Å². The van der Waals surface area contributed by atoms with Gasteiger partial charge in [-0.05, 0) is 116 Å². The van der Waals surface area contributed by atoms with Crippen molar-refractivity contribution in [2.75, 3.05) is 0 Å². The van der Waals surface area contributed by atoms with Gasteiger partial charge in [-0.1, -0.05) is 192 Å². The predicted octanol–water partition coefficient (Wildman–Crippen LogP) is 20.2. The molecule has 0 saturated carbocycles. The maximum atomic E-state index is 5.12. The molecule has 0 unspecified atom stereocenters. The molecule has 14 aromatic rings. The molecule has 6 heterocycles. The van der Waals surface area contributed by atoms with Crippen LogP contribution in [0.25, 0.3) is 128 Å². The minimum Gasteiger partial charge on any atom is -0.309 e. The summed E-state index contributed by atoms with van der Waals surface area (Å²) < 4.78 is 7.07. The molecular formula is C74H65N7. The Balaban J connectivity index is 0.000000568. The number of rotatable bonds is 8. The van der Waals surface area contributed by atoms with Crippen LogP contribution in [0.3, 0.4) is 0 Å². The molecule has 0 aliphatic rings. The molecular weight excluding hydrogens is 987 g/mol. The average Bonchev–Trinajstić information content (AvgIpc) is 4.10. The molecule has 7 heteroatoms. The summed E-state index contributed by atoms with van der Waals surface area (Å²) in [4.78, 5) is 20.0. The summed E-state index contributed by atoms with van der Waals surface area (Å²) in [6, 6.07) is 79.4. The van der Waals surface area contributed by atoms with Crippen molar-refractivity contribution < 1.29 is 0 Å². The quantitative estimate of drug-likeness (QED) is 0.112. The molecule has 0 radical (unpaired) electrons. The van der Waals surface area contributed by atoms with Gasteiger partial charge in [0.15, 0.2) is 5.82 Å². The van der Waals surface area contributed by atoms with Crippen molar-refractivity contribution in [3.05, 3.63) is 274 Å². The zero-order valence-corrected chi connectivity index (χ0v) is 46.9. The standard InChI is InChI=1S/C62H39N7.C5H8.C3H6.2C2H6/c1-4-15-40(16-5-1)52-39-54(66-62(65-52)41-17-6-2-7-18-41)53-38-46(32-34-63-53)69-55-23-12-10-21-47(55)49-29-26-43(36-60(49)69)42-27-30-57-50(35-42)48-22-11-13-24-56(48)68(57)45-28-31-58-51(37-45)61-59(25-14-33-64-61)67(58)44-19-8-3-9-20-44;1-3-5-4-2;1-3-2;2*1-2/h1-39H;3-5H,1H2,2H3;3H,1H2,2H3;2*1-2H3/b;5-4-;;;. The van der Waals surface area contributed by atoms with Gasteiger partial charge in [0.2, 0.25) is 0 Å². The number of hydrogen-bond donors (Lipinski definition) is 0. The zero-order valence-electron chi connectivity index (χ0n) is 46.9. The first kappa shape index (κ1) is 54.1. The van der Waals surface area contributed by atoms with Gasteiger partial charge in [0.25, 0.3) is 0 Å². The molecule has 0 amide bonds. The molecule has 6 aromatic heterocycles. The van der Waals surface area contributed by atoms with Gasteiger partial charge in [0.05, 0.1) is 55.7 Å². The van der Waals surface area contributed by atoms with Gasteiger partial charge < -0.3 is 13.7 Å². The minimum absolute atomic E-state index is 0.659. The maximum absolute atomic E-state index is 5.12. The van der Waals surface area contributed by atoms with E-state index in [1.54, 1.807) is 12.2 Å². The third kappa shape index (κ3) is 10.6. The zero-order chi connectivity index (χ0) is 56.2. The summed E-state index contributed by atoms with van der Waals surface area (Å²) in [7, 11) is 0. The van der Waals surface area contributed by atoms with Crippen LogP contribution in [-0.2, 0) is 0 Å². The number of para-hydroxylation sites is 3. The van der Waals surface area contributed by atoms with E-state index in [0.717, 1.165) is 100 Å².